The van der Waals surface area contributed by atoms with Crippen LogP contribution in [0.3, 0.4) is 0 Å². The van der Waals surface area contributed by atoms with Crippen LogP contribution in [0.5, 0.6) is 0 Å². The molecule has 5 rings (SSSR count). The number of carbonyl (C=O) groups excluding carboxylic acids is 2. The molecule has 9 nitrogen and oxygen atoms in total. The highest BCUT2D eigenvalue weighted by Gasteiger charge is 2.19. The van der Waals surface area contributed by atoms with Crippen molar-refractivity contribution in [1.82, 2.24) is 24.5 Å². The molecule has 0 radical (unpaired) electrons. The van der Waals surface area contributed by atoms with E-state index >= 15 is 0 Å². The largest absolute Gasteiger partial charge is 0.364 e. The van der Waals surface area contributed by atoms with Gasteiger partial charge in [-0.3, -0.25) is 9.59 Å². The topological polar surface area (TPSA) is 121 Å². The van der Waals surface area contributed by atoms with Crippen molar-refractivity contribution in [3.05, 3.63) is 77.1 Å². The lowest BCUT2D eigenvalue weighted by molar-refractivity contribution is 0.0993. The number of amides is 2. The van der Waals surface area contributed by atoms with Gasteiger partial charge in [0.15, 0.2) is 5.65 Å². The van der Waals surface area contributed by atoms with Crippen molar-refractivity contribution in [1.29, 1.82) is 0 Å². The lowest BCUT2D eigenvalue weighted by atomic mass is 10.1. The van der Waals surface area contributed by atoms with Gasteiger partial charge in [0, 0.05) is 22.8 Å². The number of aryl methyl sites for hydroxylation is 1. The number of nitrogens with zero attached hydrogens (tertiary/aromatic N) is 5. The predicted octanol–water partition coefficient (Wildman–Crippen LogP) is 4.59. The summed E-state index contributed by atoms with van der Waals surface area (Å²) in [6.45, 7) is 6.10. The Morgan fingerprint density at radius 3 is 2.49 bits per heavy atom. The van der Waals surface area contributed by atoms with Crippen molar-refractivity contribution < 1.29 is 9.59 Å². The van der Waals surface area contributed by atoms with Gasteiger partial charge in [0.05, 0.1) is 33.4 Å². The van der Waals surface area contributed by atoms with Crippen LogP contribution in [0.2, 0.25) is 0 Å². The van der Waals surface area contributed by atoms with Gasteiger partial charge in [0.25, 0.3) is 11.8 Å². The maximum absolute atomic E-state index is 13.4. The van der Waals surface area contributed by atoms with Gasteiger partial charge in [-0.2, -0.15) is 10.2 Å². The van der Waals surface area contributed by atoms with Crippen LogP contribution in [0, 0.1) is 6.92 Å². The molecule has 4 heterocycles. The zero-order chi connectivity index (χ0) is 24.7. The third kappa shape index (κ3) is 4.31. The molecule has 0 atom stereocenters. The van der Waals surface area contributed by atoms with Crippen molar-refractivity contribution in [2.45, 2.75) is 26.8 Å². The van der Waals surface area contributed by atoms with Gasteiger partial charge in [0.1, 0.15) is 5.69 Å². The molecular weight excluding hydrogens is 462 g/mol. The van der Waals surface area contributed by atoms with E-state index in [1.165, 1.54) is 4.88 Å². The van der Waals surface area contributed by atoms with E-state index in [0.717, 1.165) is 16.3 Å². The fourth-order valence-electron chi connectivity index (χ4n) is 3.78. The molecule has 35 heavy (non-hydrogen) atoms. The molecule has 0 aliphatic heterocycles. The van der Waals surface area contributed by atoms with Crippen LogP contribution in [0.4, 0.5) is 5.69 Å². The van der Waals surface area contributed by atoms with E-state index in [4.69, 9.17) is 10.7 Å². The fraction of sp³-hybridized carbons (Fsp3) is 0.160. The zero-order valence-electron chi connectivity index (χ0n) is 19.4. The second-order valence-electron chi connectivity index (χ2n) is 8.40. The highest BCUT2D eigenvalue weighted by molar-refractivity contribution is 7.15. The van der Waals surface area contributed by atoms with Gasteiger partial charge in [-0.05, 0) is 69.3 Å². The van der Waals surface area contributed by atoms with Gasteiger partial charge < -0.3 is 11.1 Å². The van der Waals surface area contributed by atoms with Crippen molar-refractivity contribution >= 4 is 39.9 Å². The summed E-state index contributed by atoms with van der Waals surface area (Å²) in [6.07, 6.45) is 3.35. The Balaban J connectivity index is 1.47. The van der Waals surface area contributed by atoms with Gasteiger partial charge in [0.2, 0.25) is 0 Å². The minimum atomic E-state index is -0.589. The number of aromatic nitrogens is 5. The molecule has 2 amide bonds. The smallest absolute Gasteiger partial charge is 0.269 e. The van der Waals surface area contributed by atoms with Crippen LogP contribution in [-0.2, 0) is 0 Å². The maximum Gasteiger partial charge on any atom is 0.269 e. The number of pyridine rings is 1. The van der Waals surface area contributed by atoms with E-state index in [2.05, 4.69) is 15.5 Å². The minimum absolute atomic E-state index is 0.0983. The van der Waals surface area contributed by atoms with Gasteiger partial charge in [-0.1, -0.05) is 0 Å². The van der Waals surface area contributed by atoms with Crippen LogP contribution in [-0.4, -0.2) is 36.4 Å². The first-order chi connectivity index (χ1) is 16.8. The summed E-state index contributed by atoms with van der Waals surface area (Å²) in [5.74, 6) is -0.841. The summed E-state index contributed by atoms with van der Waals surface area (Å²) in [6, 6.07) is 14.7. The van der Waals surface area contributed by atoms with E-state index in [0.29, 0.717) is 22.3 Å². The van der Waals surface area contributed by atoms with Crippen LogP contribution in [0.1, 0.15) is 45.6 Å². The summed E-state index contributed by atoms with van der Waals surface area (Å²) < 4.78 is 3.38. The van der Waals surface area contributed by atoms with Crippen molar-refractivity contribution in [2.75, 3.05) is 5.32 Å². The van der Waals surface area contributed by atoms with Crippen LogP contribution in [0.15, 0.2) is 60.9 Å². The van der Waals surface area contributed by atoms with Gasteiger partial charge >= 0.3 is 0 Å². The van der Waals surface area contributed by atoms with Crippen molar-refractivity contribution in [3.8, 4) is 16.3 Å². The summed E-state index contributed by atoms with van der Waals surface area (Å²) in [4.78, 5) is 31.7. The van der Waals surface area contributed by atoms with E-state index < -0.39 is 5.91 Å². The van der Waals surface area contributed by atoms with E-state index in [9.17, 15) is 9.59 Å². The molecular formula is C25H23N7O2S. The Labute approximate surface area is 205 Å². The minimum Gasteiger partial charge on any atom is -0.364 e. The van der Waals surface area contributed by atoms with Gasteiger partial charge in [-0.25, -0.2) is 14.3 Å². The first-order valence-electron chi connectivity index (χ1n) is 11.0. The zero-order valence-corrected chi connectivity index (χ0v) is 20.2. The normalized spacial score (nSPS) is 11.3. The number of thiophene rings is 1. The summed E-state index contributed by atoms with van der Waals surface area (Å²) in [7, 11) is 0. The molecule has 0 saturated heterocycles. The molecule has 0 aliphatic rings. The molecule has 1 aromatic carbocycles. The Kier molecular flexibility index (Phi) is 5.65. The number of anilines is 1. The number of fused-ring (bicyclic) bond motifs is 1. The van der Waals surface area contributed by atoms with Crippen LogP contribution in [0.25, 0.3) is 27.3 Å². The number of nitrogens with two attached hydrogens (primary N) is 1. The number of hydrogen-bond donors (Lipinski definition) is 2. The standard InChI is InChI=1S/C25H23N7O2S/c1-14(2)32-24-19(13-27-32)18(12-21(29-24)22-9-4-15(3)35-22)25(34)28-16-5-7-17(8-6-16)31-11-10-20(30-31)23(26)33/h4-14H,1-3H3,(H2,26,33)(H,28,34). The number of carbonyl (C=O) groups is 2. The van der Waals surface area contributed by atoms with E-state index in [1.54, 1.807) is 58.7 Å². The molecule has 0 bridgehead atoms. The highest BCUT2D eigenvalue weighted by atomic mass is 32.1. The Hall–Kier alpha value is -4.31. The molecule has 3 N–H and O–H groups in total. The lowest BCUT2D eigenvalue weighted by Gasteiger charge is -2.11. The Morgan fingerprint density at radius 1 is 1.09 bits per heavy atom. The van der Waals surface area contributed by atoms with Crippen LogP contribution >= 0.6 is 11.3 Å². The first-order valence-corrected chi connectivity index (χ1v) is 11.8. The average molecular weight is 486 g/mol. The monoisotopic (exact) mass is 485 g/mol. The Bertz CT molecular complexity index is 1560. The highest BCUT2D eigenvalue weighted by Crippen LogP contribution is 2.31. The summed E-state index contributed by atoms with van der Waals surface area (Å²) >= 11 is 1.63. The Morgan fingerprint density at radius 2 is 1.86 bits per heavy atom. The number of rotatable bonds is 6. The van der Waals surface area contributed by atoms with Gasteiger partial charge in [-0.15, -0.1) is 11.3 Å². The maximum atomic E-state index is 13.4. The lowest BCUT2D eigenvalue weighted by Crippen LogP contribution is -2.13. The third-order valence-electron chi connectivity index (χ3n) is 5.52. The molecule has 0 saturated carbocycles. The molecule has 4 aromatic heterocycles. The van der Waals surface area contributed by atoms with Crippen molar-refractivity contribution in [2.24, 2.45) is 5.73 Å². The van der Waals surface area contributed by atoms with E-state index in [-0.39, 0.29) is 17.6 Å². The molecule has 176 valence electrons. The SMILES string of the molecule is Cc1ccc(-c2cc(C(=O)Nc3ccc(-n4ccc(C(N)=O)n4)cc3)c3cnn(C(C)C)c3n2)s1. The molecule has 10 heteroatoms. The predicted molar refractivity (Wildman–Crippen MR) is 136 cm³/mol. The second kappa shape index (κ2) is 8.80. The molecule has 0 fully saturated rings. The fourth-order valence-corrected chi connectivity index (χ4v) is 4.61. The number of hydrogen-bond acceptors (Lipinski definition) is 6. The number of benzene rings is 1. The molecule has 5 aromatic rings. The third-order valence-corrected chi connectivity index (χ3v) is 6.55. The van der Waals surface area contributed by atoms with Crippen molar-refractivity contribution in [3.63, 3.8) is 0 Å². The quantitative estimate of drug-likeness (QED) is 0.364. The van der Waals surface area contributed by atoms with E-state index in [1.807, 2.05) is 43.7 Å². The molecule has 0 aliphatic carbocycles. The summed E-state index contributed by atoms with van der Waals surface area (Å²) in [5, 5.41) is 12.3. The molecule has 0 unspecified atom stereocenters. The average Bonchev–Trinajstić information content (AvgIpc) is 3.58. The summed E-state index contributed by atoms with van der Waals surface area (Å²) in [5.41, 5.74) is 8.73. The number of nitrogens with one attached hydrogen (secondary N) is 1. The second-order valence-corrected chi connectivity index (χ2v) is 9.68. The van der Waals surface area contributed by atoms with Crippen LogP contribution < -0.4 is 11.1 Å². The first kappa shape index (κ1) is 22.5. The number of primary amides is 1. The molecule has 0 spiro atoms.